The standard InChI is InChI=1S/C14H11Cl2NO2/c15-12-3-1-2-10(6-12)9-19-14-5-4-13(16)7-11(14)8-17-18/h1-8,18H,9H2/b17-8-. The van der Waals surface area contributed by atoms with Gasteiger partial charge in [0, 0.05) is 15.6 Å². The van der Waals surface area contributed by atoms with Crippen LogP contribution in [0.25, 0.3) is 0 Å². The molecule has 19 heavy (non-hydrogen) atoms. The number of hydrogen-bond acceptors (Lipinski definition) is 3. The first-order chi connectivity index (χ1) is 9.19. The third-order valence-electron chi connectivity index (χ3n) is 2.45. The molecule has 0 fully saturated rings. The highest BCUT2D eigenvalue weighted by atomic mass is 35.5. The van der Waals surface area contributed by atoms with Crippen molar-refractivity contribution in [2.24, 2.45) is 5.16 Å². The molecule has 3 nitrogen and oxygen atoms in total. The van der Waals surface area contributed by atoms with E-state index < -0.39 is 0 Å². The Balaban J connectivity index is 2.15. The zero-order chi connectivity index (χ0) is 13.7. The van der Waals surface area contributed by atoms with Crippen LogP contribution in [0.1, 0.15) is 11.1 Å². The first kappa shape index (κ1) is 13.7. The summed E-state index contributed by atoms with van der Waals surface area (Å²) in [4.78, 5) is 0. The van der Waals surface area contributed by atoms with Crippen molar-refractivity contribution < 1.29 is 9.94 Å². The van der Waals surface area contributed by atoms with Gasteiger partial charge in [0.25, 0.3) is 0 Å². The van der Waals surface area contributed by atoms with Gasteiger partial charge >= 0.3 is 0 Å². The molecule has 0 aromatic heterocycles. The van der Waals surface area contributed by atoms with Crippen molar-refractivity contribution >= 4 is 29.4 Å². The fourth-order valence-electron chi connectivity index (χ4n) is 1.60. The van der Waals surface area contributed by atoms with Crippen molar-refractivity contribution in [3.63, 3.8) is 0 Å². The molecule has 0 heterocycles. The number of ether oxygens (including phenoxy) is 1. The number of hydrogen-bond donors (Lipinski definition) is 1. The molecule has 0 saturated heterocycles. The molecular formula is C14H11Cl2NO2. The maximum absolute atomic E-state index is 8.61. The van der Waals surface area contributed by atoms with Crippen molar-refractivity contribution in [3.05, 3.63) is 63.6 Å². The molecular weight excluding hydrogens is 285 g/mol. The summed E-state index contributed by atoms with van der Waals surface area (Å²) in [7, 11) is 0. The van der Waals surface area contributed by atoms with Crippen LogP contribution in [-0.2, 0) is 6.61 Å². The second kappa shape index (κ2) is 6.45. The highest BCUT2D eigenvalue weighted by Gasteiger charge is 2.04. The molecule has 0 spiro atoms. The number of nitrogens with zero attached hydrogens (tertiary/aromatic N) is 1. The van der Waals surface area contributed by atoms with E-state index in [1.54, 1.807) is 24.3 Å². The predicted molar refractivity (Wildman–Crippen MR) is 76.6 cm³/mol. The van der Waals surface area contributed by atoms with Crippen molar-refractivity contribution in [2.45, 2.75) is 6.61 Å². The molecule has 1 N–H and O–H groups in total. The SMILES string of the molecule is O/N=C\c1cc(Cl)ccc1OCc1cccc(Cl)c1. The molecule has 0 aliphatic rings. The fraction of sp³-hybridized carbons (Fsp3) is 0.0714. The maximum atomic E-state index is 8.61. The van der Waals surface area contributed by atoms with Crippen molar-refractivity contribution in [2.75, 3.05) is 0 Å². The Morgan fingerprint density at radius 1 is 1.11 bits per heavy atom. The van der Waals surface area contributed by atoms with Crippen molar-refractivity contribution in [1.82, 2.24) is 0 Å². The molecule has 0 amide bonds. The van der Waals surface area contributed by atoms with Crippen LogP contribution in [0.15, 0.2) is 47.6 Å². The molecule has 98 valence electrons. The van der Waals surface area contributed by atoms with Crippen LogP contribution in [0.2, 0.25) is 10.0 Å². The van der Waals surface area contributed by atoms with Crippen LogP contribution in [0.4, 0.5) is 0 Å². The summed E-state index contributed by atoms with van der Waals surface area (Å²) >= 11 is 11.8. The summed E-state index contributed by atoms with van der Waals surface area (Å²) < 4.78 is 5.67. The highest BCUT2D eigenvalue weighted by molar-refractivity contribution is 6.31. The van der Waals surface area contributed by atoms with Gasteiger partial charge in [0.05, 0.1) is 6.21 Å². The van der Waals surface area contributed by atoms with Gasteiger partial charge in [-0.2, -0.15) is 0 Å². The zero-order valence-corrected chi connectivity index (χ0v) is 11.4. The lowest BCUT2D eigenvalue weighted by Gasteiger charge is -2.09. The fourth-order valence-corrected chi connectivity index (χ4v) is 2.00. The lowest BCUT2D eigenvalue weighted by atomic mass is 10.2. The van der Waals surface area contributed by atoms with E-state index in [9.17, 15) is 0 Å². The number of oxime groups is 1. The Hall–Kier alpha value is -1.71. The van der Waals surface area contributed by atoms with Crippen LogP contribution >= 0.6 is 23.2 Å². The monoisotopic (exact) mass is 295 g/mol. The molecule has 2 rings (SSSR count). The molecule has 0 aliphatic carbocycles. The Bertz CT molecular complexity index is 600. The third kappa shape index (κ3) is 3.88. The van der Waals surface area contributed by atoms with E-state index in [0.717, 1.165) is 5.56 Å². The van der Waals surface area contributed by atoms with Crippen molar-refractivity contribution in [1.29, 1.82) is 0 Å². The number of halogens is 2. The Morgan fingerprint density at radius 3 is 2.63 bits per heavy atom. The second-order valence-electron chi connectivity index (χ2n) is 3.85. The summed E-state index contributed by atoms with van der Waals surface area (Å²) in [6.07, 6.45) is 1.28. The van der Waals surface area contributed by atoms with Crippen molar-refractivity contribution in [3.8, 4) is 5.75 Å². The van der Waals surface area contributed by atoms with E-state index in [2.05, 4.69) is 5.16 Å². The molecule has 2 aromatic rings. The summed E-state index contributed by atoms with van der Waals surface area (Å²) in [6.45, 7) is 0.370. The summed E-state index contributed by atoms with van der Waals surface area (Å²) in [5.74, 6) is 0.585. The van der Waals surface area contributed by atoms with Gasteiger partial charge in [-0.25, -0.2) is 0 Å². The Labute approximate surface area is 121 Å². The highest BCUT2D eigenvalue weighted by Crippen LogP contribution is 2.23. The Kier molecular flexibility index (Phi) is 4.66. The molecule has 0 unspecified atom stereocenters. The Morgan fingerprint density at radius 2 is 1.89 bits per heavy atom. The van der Waals surface area contributed by atoms with Crippen LogP contribution in [-0.4, -0.2) is 11.4 Å². The molecule has 0 atom stereocenters. The topological polar surface area (TPSA) is 41.8 Å². The van der Waals surface area contributed by atoms with Crippen LogP contribution in [0.3, 0.4) is 0 Å². The quantitative estimate of drug-likeness (QED) is 0.517. The number of rotatable bonds is 4. The van der Waals surface area contributed by atoms with Crippen LogP contribution < -0.4 is 4.74 Å². The average Bonchev–Trinajstić information content (AvgIpc) is 2.38. The smallest absolute Gasteiger partial charge is 0.128 e. The average molecular weight is 296 g/mol. The van der Waals surface area contributed by atoms with Gasteiger partial charge in [0.2, 0.25) is 0 Å². The van der Waals surface area contributed by atoms with E-state index in [-0.39, 0.29) is 0 Å². The summed E-state index contributed by atoms with van der Waals surface area (Å²) in [5, 5.41) is 12.8. The third-order valence-corrected chi connectivity index (χ3v) is 2.92. The minimum Gasteiger partial charge on any atom is -0.488 e. The van der Waals surface area contributed by atoms with E-state index in [1.807, 2.05) is 18.2 Å². The van der Waals surface area contributed by atoms with Gasteiger partial charge < -0.3 is 9.94 Å². The zero-order valence-electron chi connectivity index (χ0n) is 9.88. The molecule has 0 bridgehead atoms. The first-order valence-electron chi connectivity index (χ1n) is 5.53. The summed E-state index contributed by atoms with van der Waals surface area (Å²) in [5.41, 5.74) is 1.56. The van der Waals surface area contributed by atoms with Gasteiger partial charge in [0.1, 0.15) is 12.4 Å². The summed E-state index contributed by atoms with van der Waals surface area (Å²) in [6, 6.07) is 12.5. The lowest BCUT2D eigenvalue weighted by molar-refractivity contribution is 0.304. The molecule has 5 heteroatoms. The van der Waals surface area contributed by atoms with Gasteiger partial charge in [-0.15, -0.1) is 0 Å². The van der Waals surface area contributed by atoms with Gasteiger partial charge in [-0.05, 0) is 35.9 Å². The second-order valence-corrected chi connectivity index (χ2v) is 4.72. The van der Waals surface area contributed by atoms with Crippen LogP contribution in [0.5, 0.6) is 5.75 Å². The minimum absolute atomic E-state index is 0.370. The molecule has 0 aliphatic heterocycles. The maximum Gasteiger partial charge on any atom is 0.128 e. The largest absolute Gasteiger partial charge is 0.488 e. The van der Waals surface area contributed by atoms with E-state index in [4.69, 9.17) is 33.1 Å². The van der Waals surface area contributed by atoms with E-state index in [1.165, 1.54) is 6.21 Å². The predicted octanol–water partition coefficient (Wildman–Crippen LogP) is 4.38. The van der Waals surface area contributed by atoms with E-state index in [0.29, 0.717) is 28.0 Å². The molecule has 0 saturated carbocycles. The molecule has 2 aromatic carbocycles. The minimum atomic E-state index is 0.370. The van der Waals surface area contributed by atoms with Gasteiger partial charge in [-0.1, -0.05) is 40.5 Å². The lowest BCUT2D eigenvalue weighted by Crippen LogP contribution is -1.98. The van der Waals surface area contributed by atoms with E-state index >= 15 is 0 Å². The van der Waals surface area contributed by atoms with Crippen LogP contribution in [0, 0.1) is 0 Å². The van der Waals surface area contributed by atoms with Gasteiger partial charge in [0.15, 0.2) is 0 Å². The number of benzene rings is 2. The first-order valence-corrected chi connectivity index (χ1v) is 6.29. The van der Waals surface area contributed by atoms with Gasteiger partial charge in [-0.3, -0.25) is 0 Å². The normalized spacial score (nSPS) is 10.8. The molecule has 0 radical (unpaired) electrons.